The van der Waals surface area contributed by atoms with E-state index in [-0.39, 0.29) is 17.5 Å². The summed E-state index contributed by atoms with van der Waals surface area (Å²) in [7, 11) is 0. The summed E-state index contributed by atoms with van der Waals surface area (Å²) in [6, 6.07) is 12.6. The Labute approximate surface area is 216 Å². The van der Waals surface area contributed by atoms with Gasteiger partial charge >= 0.3 is 0 Å². The van der Waals surface area contributed by atoms with E-state index in [0.29, 0.717) is 17.3 Å². The number of carbonyl (C=O) groups excluding carboxylic acids is 1. The van der Waals surface area contributed by atoms with Gasteiger partial charge in [0.15, 0.2) is 0 Å². The molecule has 2 aliphatic carbocycles. The summed E-state index contributed by atoms with van der Waals surface area (Å²) in [4.78, 5) is 26.5. The van der Waals surface area contributed by atoms with Gasteiger partial charge in [-0.15, -0.1) is 0 Å². The van der Waals surface area contributed by atoms with Crippen molar-refractivity contribution < 1.29 is 4.79 Å². The van der Waals surface area contributed by atoms with E-state index in [4.69, 9.17) is 0 Å². The summed E-state index contributed by atoms with van der Waals surface area (Å²) in [5.41, 5.74) is 4.75. The standard InChI is InChI=1S/C28H30N8O/c1-27(2)22-6-5-19(13-17(22)7-12-32-27)35-26-31-15-21(25(37)34-18-3-4-18)24(36-26)33-20-8-11-30-23(14-20)28(16-29)9-10-28/h5-6,8,11,13-15,18,32H,3-4,7,9-10,12H2,1-2H3,(H,34,37)(H2,30,31,33,35,36). The van der Waals surface area contributed by atoms with Gasteiger partial charge in [0.25, 0.3) is 5.91 Å². The fraction of sp³-hybridized carbons (Fsp3) is 0.393. The summed E-state index contributed by atoms with van der Waals surface area (Å²) in [6.45, 7) is 5.31. The number of nitriles is 1. The molecule has 1 amide bonds. The largest absolute Gasteiger partial charge is 0.349 e. The number of carbonyl (C=O) groups is 1. The van der Waals surface area contributed by atoms with Crippen molar-refractivity contribution in [1.82, 2.24) is 25.6 Å². The van der Waals surface area contributed by atoms with Gasteiger partial charge in [0, 0.05) is 35.3 Å². The second-order valence-electron chi connectivity index (χ2n) is 10.8. The van der Waals surface area contributed by atoms with Gasteiger partial charge in [-0.2, -0.15) is 10.2 Å². The Kier molecular flexibility index (Phi) is 5.57. The van der Waals surface area contributed by atoms with E-state index < -0.39 is 5.41 Å². The monoisotopic (exact) mass is 494 g/mol. The molecule has 3 aliphatic rings. The number of fused-ring (bicyclic) bond motifs is 1. The Morgan fingerprint density at radius 1 is 1.11 bits per heavy atom. The Morgan fingerprint density at radius 3 is 2.68 bits per heavy atom. The highest BCUT2D eigenvalue weighted by Gasteiger charge is 2.46. The van der Waals surface area contributed by atoms with Gasteiger partial charge in [0.1, 0.15) is 11.4 Å². The van der Waals surface area contributed by atoms with Crippen LogP contribution in [0.25, 0.3) is 0 Å². The molecule has 3 aromatic rings. The van der Waals surface area contributed by atoms with Crippen LogP contribution in [-0.2, 0) is 17.4 Å². The van der Waals surface area contributed by atoms with E-state index in [0.717, 1.165) is 55.7 Å². The average Bonchev–Trinajstić information content (AvgIpc) is 3.80. The molecule has 2 fully saturated rings. The predicted octanol–water partition coefficient (Wildman–Crippen LogP) is 4.19. The zero-order chi connectivity index (χ0) is 25.6. The van der Waals surface area contributed by atoms with Crippen LogP contribution in [0.1, 0.15) is 66.7 Å². The van der Waals surface area contributed by atoms with Gasteiger partial charge in [-0.25, -0.2) is 4.98 Å². The lowest BCUT2D eigenvalue weighted by Gasteiger charge is -2.34. The summed E-state index contributed by atoms with van der Waals surface area (Å²) >= 11 is 0. The van der Waals surface area contributed by atoms with Gasteiger partial charge in [0.05, 0.1) is 17.2 Å². The zero-order valence-corrected chi connectivity index (χ0v) is 21.1. The van der Waals surface area contributed by atoms with Crippen LogP contribution in [-0.4, -0.2) is 33.4 Å². The van der Waals surface area contributed by atoms with Crippen molar-refractivity contribution in [1.29, 1.82) is 5.26 Å². The quantitative estimate of drug-likeness (QED) is 0.385. The molecule has 188 valence electrons. The smallest absolute Gasteiger partial charge is 0.256 e. The predicted molar refractivity (Wildman–Crippen MR) is 141 cm³/mol. The van der Waals surface area contributed by atoms with Crippen molar-refractivity contribution in [2.24, 2.45) is 0 Å². The molecule has 4 N–H and O–H groups in total. The van der Waals surface area contributed by atoms with E-state index in [2.05, 4.69) is 68.3 Å². The highest BCUT2D eigenvalue weighted by atomic mass is 16.1. The molecule has 0 saturated heterocycles. The van der Waals surface area contributed by atoms with Crippen LogP contribution in [0.15, 0.2) is 42.7 Å². The molecule has 0 spiro atoms. The van der Waals surface area contributed by atoms with Crippen LogP contribution in [0.2, 0.25) is 0 Å². The molecule has 3 heterocycles. The molecule has 0 bridgehead atoms. The van der Waals surface area contributed by atoms with Gasteiger partial charge < -0.3 is 21.3 Å². The molecule has 1 aliphatic heterocycles. The zero-order valence-electron chi connectivity index (χ0n) is 21.1. The number of aromatic nitrogens is 3. The van der Waals surface area contributed by atoms with Crippen LogP contribution in [0, 0.1) is 11.3 Å². The fourth-order valence-electron chi connectivity index (χ4n) is 4.87. The van der Waals surface area contributed by atoms with Crippen molar-refractivity contribution in [3.63, 3.8) is 0 Å². The molecule has 0 radical (unpaired) electrons. The molecule has 2 saturated carbocycles. The second kappa shape index (κ2) is 8.82. The van der Waals surface area contributed by atoms with Gasteiger partial charge in [-0.1, -0.05) is 6.07 Å². The van der Waals surface area contributed by atoms with E-state index in [1.165, 1.54) is 11.1 Å². The van der Waals surface area contributed by atoms with Crippen LogP contribution >= 0.6 is 0 Å². The maximum Gasteiger partial charge on any atom is 0.256 e. The van der Waals surface area contributed by atoms with Crippen molar-refractivity contribution in [3.05, 3.63) is 65.1 Å². The number of hydrogen-bond acceptors (Lipinski definition) is 8. The first-order valence-corrected chi connectivity index (χ1v) is 12.8. The van der Waals surface area contributed by atoms with E-state index >= 15 is 0 Å². The minimum Gasteiger partial charge on any atom is -0.349 e. The number of anilines is 4. The van der Waals surface area contributed by atoms with Crippen molar-refractivity contribution in [2.45, 2.75) is 62.9 Å². The first-order valence-electron chi connectivity index (χ1n) is 12.8. The maximum absolute atomic E-state index is 13.0. The highest BCUT2D eigenvalue weighted by molar-refractivity contribution is 5.99. The number of nitrogens with zero attached hydrogens (tertiary/aromatic N) is 4. The van der Waals surface area contributed by atoms with Gasteiger partial charge in [-0.05, 0) is 87.9 Å². The number of nitrogens with one attached hydrogen (secondary N) is 4. The topological polar surface area (TPSA) is 128 Å². The Morgan fingerprint density at radius 2 is 1.92 bits per heavy atom. The number of pyridine rings is 1. The molecule has 9 heteroatoms. The third kappa shape index (κ3) is 4.72. The molecule has 6 rings (SSSR count). The SMILES string of the molecule is CC1(C)NCCc2cc(Nc3ncc(C(=O)NC4CC4)c(Nc4ccnc(C5(C#N)CC5)c4)n3)ccc21. The van der Waals surface area contributed by atoms with E-state index in [1.54, 1.807) is 12.4 Å². The molecule has 0 unspecified atom stereocenters. The molecule has 1 aromatic carbocycles. The Bertz CT molecular complexity index is 1420. The first kappa shape index (κ1) is 23.4. The third-order valence-corrected chi connectivity index (χ3v) is 7.42. The molecule has 37 heavy (non-hydrogen) atoms. The molecule has 9 nitrogen and oxygen atoms in total. The fourth-order valence-corrected chi connectivity index (χ4v) is 4.87. The van der Waals surface area contributed by atoms with Crippen LogP contribution in [0.3, 0.4) is 0 Å². The average molecular weight is 495 g/mol. The summed E-state index contributed by atoms with van der Waals surface area (Å²) in [6.07, 6.45) is 7.79. The van der Waals surface area contributed by atoms with E-state index in [1.807, 2.05) is 18.2 Å². The third-order valence-electron chi connectivity index (χ3n) is 7.42. The molecule has 2 aromatic heterocycles. The number of hydrogen-bond donors (Lipinski definition) is 4. The Hall–Kier alpha value is -4.03. The molecular weight excluding hydrogens is 464 g/mol. The molecular formula is C28H30N8O. The minimum atomic E-state index is -0.501. The highest BCUT2D eigenvalue weighted by Crippen LogP contribution is 2.47. The van der Waals surface area contributed by atoms with Gasteiger partial charge in [0.2, 0.25) is 5.95 Å². The van der Waals surface area contributed by atoms with Crippen LogP contribution < -0.4 is 21.3 Å². The van der Waals surface area contributed by atoms with Crippen molar-refractivity contribution in [3.8, 4) is 6.07 Å². The minimum absolute atomic E-state index is 0.0652. The van der Waals surface area contributed by atoms with E-state index in [9.17, 15) is 10.1 Å². The lowest BCUT2D eigenvalue weighted by molar-refractivity contribution is 0.0951. The normalized spacial score (nSPS) is 18.7. The number of rotatable bonds is 7. The summed E-state index contributed by atoms with van der Waals surface area (Å²) in [5, 5.41) is 22.8. The summed E-state index contributed by atoms with van der Waals surface area (Å²) < 4.78 is 0. The lowest BCUT2D eigenvalue weighted by Crippen LogP contribution is -2.42. The molecule has 0 atom stereocenters. The van der Waals surface area contributed by atoms with Crippen molar-refractivity contribution >= 4 is 29.0 Å². The Balaban J connectivity index is 1.30. The summed E-state index contributed by atoms with van der Waals surface area (Å²) in [5.74, 6) is 0.589. The maximum atomic E-state index is 13.0. The van der Waals surface area contributed by atoms with Crippen molar-refractivity contribution in [2.75, 3.05) is 17.2 Å². The van der Waals surface area contributed by atoms with Crippen LogP contribution in [0.5, 0.6) is 0 Å². The second-order valence-corrected chi connectivity index (χ2v) is 10.8. The van der Waals surface area contributed by atoms with Crippen LogP contribution in [0.4, 0.5) is 23.1 Å². The number of amides is 1. The van der Waals surface area contributed by atoms with Gasteiger partial charge in [-0.3, -0.25) is 9.78 Å². The first-order chi connectivity index (χ1) is 17.8. The lowest BCUT2D eigenvalue weighted by atomic mass is 9.85. The number of benzene rings is 1.